The number of alkyl halides is 6. The van der Waals surface area contributed by atoms with Gasteiger partial charge in [-0.1, -0.05) is 0 Å². The molecule has 0 heterocycles. The summed E-state index contributed by atoms with van der Waals surface area (Å²) in [4.78, 5) is 0. The van der Waals surface area contributed by atoms with E-state index in [1.54, 1.807) is 0 Å². The van der Waals surface area contributed by atoms with Gasteiger partial charge in [-0.2, -0.15) is 0 Å². The SMILES string of the molecule is FC(F)(F)Oc1ccc(OC(F)(F)F)cc1. The maximum absolute atomic E-state index is 11.7. The fourth-order valence-electron chi connectivity index (χ4n) is 0.843. The van der Waals surface area contributed by atoms with E-state index in [0.29, 0.717) is 24.3 Å². The van der Waals surface area contributed by atoms with E-state index in [1.807, 2.05) is 0 Å². The largest absolute Gasteiger partial charge is 0.573 e. The van der Waals surface area contributed by atoms with Crippen LogP contribution in [0.25, 0.3) is 0 Å². The highest BCUT2D eigenvalue weighted by Crippen LogP contribution is 2.27. The highest BCUT2D eigenvalue weighted by atomic mass is 19.4. The van der Waals surface area contributed by atoms with Crippen LogP contribution in [-0.4, -0.2) is 12.7 Å². The summed E-state index contributed by atoms with van der Waals surface area (Å²) in [7, 11) is 0. The van der Waals surface area contributed by atoms with E-state index < -0.39 is 24.2 Å². The van der Waals surface area contributed by atoms with Crippen molar-refractivity contribution in [3.8, 4) is 11.5 Å². The van der Waals surface area contributed by atoms with Gasteiger partial charge in [0.15, 0.2) is 0 Å². The number of halogens is 6. The Morgan fingerprint density at radius 1 is 0.625 bits per heavy atom. The van der Waals surface area contributed by atoms with Crippen molar-refractivity contribution >= 4 is 0 Å². The second kappa shape index (κ2) is 4.11. The lowest BCUT2D eigenvalue weighted by Crippen LogP contribution is -2.18. The second-order valence-electron chi connectivity index (χ2n) is 2.57. The molecule has 16 heavy (non-hydrogen) atoms. The van der Waals surface area contributed by atoms with Gasteiger partial charge >= 0.3 is 12.7 Å². The molecule has 8 heteroatoms. The predicted molar refractivity (Wildman–Crippen MR) is 39.8 cm³/mol. The van der Waals surface area contributed by atoms with E-state index in [-0.39, 0.29) is 0 Å². The van der Waals surface area contributed by atoms with Gasteiger partial charge in [-0.15, -0.1) is 26.3 Å². The molecule has 0 fully saturated rings. The maximum Gasteiger partial charge on any atom is 0.573 e. The third-order valence-electron chi connectivity index (χ3n) is 1.29. The molecule has 0 radical (unpaired) electrons. The number of hydrogen-bond acceptors (Lipinski definition) is 2. The summed E-state index contributed by atoms with van der Waals surface area (Å²) in [5, 5.41) is 0. The average Bonchev–Trinajstić information content (AvgIpc) is 2.03. The number of benzene rings is 1. The molecule has 0 aliphatic carbocycles. The number of hydrogen-bond donors (Lipinski definition) is 0. The Bertz CT molecular complexity index is 304. The maximum atomic E-state index is 11.7. The topological polar surface area (TPSA) is 18.5 Å². The van der Waals surface area contributed by atoms with E-state index >= 15 is 0 Å². The van der Waals surface area contributed by atoms with E-state index in [0.717, 1.165) is 0 Å². The first kappa shape index (κ1) is 12.5. The van der Waals surface area contributed by atoms with E-state index in [4.69, 9.17) is 0 Å². The molecule has 0 aliphatic rings. The highest BCUT2D eigenvalue weighted by Gasteiger charge is 2.32. The van der Waals surface area contributed by atoms with Crippen LogP contribution in [0.3, 0.4) is 0 Å². The molecule has 2 nitrogen and oxygen atoms in total. The number of ether oxygens (including phenoxy) is 2. The third kappa shape index (κ3) is 4.76. The summed E-state index contributed by atoms with van der Waals surface area (Å²) >= 11 is 0. The minimum Gasteiger partial charge on any atom is -0.406 e. The Balaban J connectivity index is 2.69. The Morgan fingerprint density at radius 3 is 1.06 bits per heavy atom. The quantitative estimate of drug-likeness (QED) is 0.743. The van der Waals surface area contributed by atoms with Crippen LogP contribution in [0, 0.1) is 0 Å². The van der Waals surface area contributed by atoms with Gasteiger partial charge in [0.2, 0.25) is 0 Å². The Morgan fingerprint density at radius 2 is 0.875 bits per heavy atom. The van der Waals surface area contributed by atoms with Gasteiger partial charge in [-0.05, 0) is 24.3 Å². The molecule has 0 spiro atoms. The summed E-state index contributed by atoms with van der Waals surface area (Å²) in [6, 6.07) is 2.87. The monoisotopic (exact) mass is 246 g/mol. The molecule has 0 atom stereocenters. The molecule has 0 aromatic heterocycles. The molecular formula is C8H4F6O2. The van der Waals surface area contributed by atoms with Crippen molar-refractivity contribution in [3.05, 3.63) is 24.3 Å². The summed E-state index contributed by atoms with van der Waals surface area (Å²) in [5.41, 5.74) is 0. The van der Waals surface area contributed by atoms with Crippen LogP contribution in [0.4, 0.5) is 26.3 Å². The predicted octanol–water partition coefficient (Wildman–Crippen LogP) is 3.48. The Kier molecular flexibility index (Phi) is 3.20. The molecule has 0 saturated carbocycles. The van der Waals surface area contributed by atoms with Gasteiger partial charge in [0.1, 0.15) is 11.5 Å². The first-order chi connectivity index (χ1) is 7.16. The van der Waals surface area contributed by atoms with Crippen LogP contribution >= 0.6 is 0 Å². The Labute approximate surface area is 85.4 Å². The first-order valence-electron chi connectivity index (χ1n) is 3.77. The van der Waals surface area contributed by atoms with E-state index in [9.17, 15) is 26.3 Å². The third-order valence-corrected chi connectivity index (χ3v) is 1.29. The molecule has 0 aliphatic heterocycles. The molecular weight excluding hydrogens is 242 g/mol. The lowest BCUT2D eigenvalue weighted by Gasteiger charge is -2.11. The minimum absolute atomic E-state index is 0.623. The van der Waals surface area contributed by atoms with Gasteiger partial charge in [-0.3, -0.25) is 0 Å². The van der Waals surface area contributed by atoms with Crippen molar-refractivity contribution in [1.82, 2.24) is 0 Å². The fraction of sp³-hybridized carbons (Fsp3) is 0.250. The van der Waals surface area contributed by atoms with Crippen LogP contribution < -0.4 is 9.47 Å². The molecule has 0 unspecified atom stereocenters. The summed E-state index contributed by atoms with van der Waals surface area (Å²) in [5.74, 6) is -1.25. The molecule has 0 saturated heterocycles. The normalized spacial score (nSPS) is 12.4. The van der Waals surface area contributed by atoms with Crippen LogP contribution in [0.15, 0.2) is 24.3 Å². The molecule has 0 amide bonds. The first-order valence-corrected chi connectivity index (χ1v) is 3.77. The smallest absolute Gasteiger partial charge is 0.406 e. The molecule has 1 aromatic rings. The second-order valence-corrected chi connectivity index (χ2v) is 2.57. The van der Waals surface area contributed by atoms with Crippen molar-refractivity contribution in [2.75, 3.05) is 0 Å². The van der Waals surface area contributed by atoms with Crippen molar-refractivity contribution in [1.29, 1.82) is 0 Å². The van der Waals surface area contributed by atoms with Gasteiger partial charge in [0.25, 0.3) is 0 Å². The standard InChI is InChI=1S/C8H4F6O2/c9-7(10,11)15-5-1-2-6(4-3-5)16-8(12,13)14/h1-4H. The zero-order valence-electron chi connectivity index (χ0n) is 7.39. The fourth-order valence-corrected chi connectivity index (χ4v) is 0.843. The van der Waals surface area contributed by atoms with Gasteiger partial charge < -0.3 is 9.47 Å². The van der Waals surface area contributed by atoms with Crippen molar-refractivity contribution in [3.63, 3.8) is 0 Å². The molecule has 1 aromatic carbocycles. The van der Waals surface area contributed by atoms with Crippen LogP contribution in [-0.2, 0) is 0 Å². The van der Waals surface area contributed by atoms with Gasteiger partial charge in [-0.25, -0.2) is 0 Å². The number of rotatable bonds is 2. The van der Waals surface area contributed by atoms with Crippen LogP contribution in [0.5, 0.6) is 11.5 Å². The van der Waals surface area contributed by atoms with Crippen molar-refractivity contribution in [2.24, 2.45) is 0 Å². The van der Waals surface area contributed by atoms with E-state index in [2.05, 4.69) is 9.47 Å². The lowest BCUT2D eigenvalue weighted by molar-refractivity contribution is -0.277. The van der Waals surface area contributed by atoms with Crippen molar-refractivity contribution in [2.45, 2.75) is 12.7 Å². The minimum atomic E-state index is -4.88. The molecule has 0 bridgehead atoms. The van der Waals surface area contributed by atoms with Gasteiger partial charge in [0, 0.05) is 0 Å². The van der Waals surface area contributed by atoms with E-state index in [1.165, 1.54) is 0 Å². The van der Waals surface area contributed by atoms with Crippen LogP contribution in [0.2, 0.25) is 0 Å². The average molecular weight is 246 g/mol. The highest BCUT2D eigenvalue weighted by molar-refractivity contribution is 5.31. The Hall–Kier alpha value is -1.60. The van der Waals surface area contributed by atoms with Crippen molar-refractivity contribution < 1.29 is 35.8 Å². The summed E-state index contributed by atoms with van der Waals surface area (Å²) < 4.78 is 77.0. The zero-order chi connectivity index (χ0) is 12.4. The summed E-state index contributed by atoms with van der Waals surface area (Å²) in [6.45, 7) is 0. The van der Waals surface area contributed by atoms with Crippen LogP contribution in [0.1, 0.15) is 0 Å². The molecule has 0 N–H and O–H groups in total. The lowest BCUT2D eigenvalue weighted by atomic mass is 10.3. The molecule has 90 valence electrons. The molecule has 1 rings (SSSR count). The summed E-state index contributed by atoms with van der Waals surface area (Å²) in [6.07, 6.45) is -9.77. The zero-order valence-corrected chi connectivity index (χ0v) is 7.39. The van der Waals surface area contributed by atoms with Gasteiger partial charge in [0.05, 0.1) is 0 Å².